The Morgan fingerprint density at radius 3 is 2.19 bits per heavy atom. The molecule has 2 aromatic rings. The average Bonchev–Trinajstić information content (AvgIpc) is 3.14. The number of amides is 1. The van der Waals surface area contributed by atoms with Gasteiger partial charge in [0.1, 0.15) is 0 Å². The molecular formula is C30H41N5O2. The second-order valence-corrected chi connectivity index (χ2v) is 13.1. The summed E-state index contributed by atoms with van der Waals surface area (Å²) in [5, 5.41) is 3.24. The zero-order valence-corrected chi connectivity index (χ0v) is 22.4. The summed E-state index contributed by atoms with van der Waals surface area (Å²) in [6, 6.07) is 9.97. The van der Waals surface area contributed by atoms with Crippen LogP contribution in [0, 0.1) is 11.8 Å². The molecule has 37 heavy (non-hydrogen) atoms. The van der Waals surface area contributed by atoms with Crippen LogP contribution in [0.25, 0.3) is 11.0 Å². The molecule has 3 aliphatic heterocycles. The van der Waals surface area contributed by atoms with E-state index in [1.807, 2.05) is 42.7 Å². The molecule has 1 amide bonds. The van der Waals surface area contributed by atoms with Crippen LogP contribution in [0.5, 0.6) is 0 Å². The molecule has 2 aliphatic carbocycles. The highest BCUT2D eigenvalue weighted by molar-refractivity contribution is 6.01. The predicted octanol–water partition coefficient (Wildman–Crippen LogP) is 4.60. The summed E-state index contributed by atoms with van der Waals surface area (Å²) in [4.78, 5) is 36.5. The van der Waals surface area contributed by atoms with Crippen molar-refractivity contribution in [3.8, 4) is 0 Å². The molecule has 5 fully saturated rings. The number of nitrogens with one attached hydrogen (secondary N) is 1. The lowest BCUT2D eigenvalue weighted by Crippen LogP contribution is -2.58. The Balaban J connectivity index is 1.24. The molecule has 1 aromatic heterocycles. The molecule has 5 aliphatic rings. The van der Waals surface area contributed by atoms with Crippen molar-refractivity contribution in [3.63, 3.8) is 0 Å². The normalized spacial score (nSPS) is 35.7. The van der Waals surface area contributed by atoms with Crippen molar-refractivity contribution >= 4 is 22.8 Å². The van der Waals surface area contributed by atoms with E-state index in [1.165, 1.54) is 57.8 Å². The summed E-state index contributed by atoms with van der Waals surface area (Å²) < 4.78 is 2.02. The maximum absolute atomic E-state index is 14.1. The first-order valence-electron chi connectivity index (χ1n) is 14.7. The number of hydrogen-bond donors (Lipinski definition) is 1. The number of hydrogen-bond acceptors (Lipinski definition) is 5. The third-order valence-electron chi connectivity index (χ3n) is 10.4. The molecular weight excluding hydrogens is 462 g/mol. The Morgan fingerprint density at radius 2 is 1.51 bits per heavy atom. The van der Waals surface area contributed by atoms with Gasteiger partial charge in [-0.1, -0.05) is 37.8 Å². The van der Waals surface area contributed by atoms with Crippen LogP contribution in [-0.4, -0.2) is 50.7 Å². The van der Waals surface area contributed by atoms with E-state index in [-0.39, 0.29) is 23.3 Å². The first-order valence-corrected chi connectivity index (χ1v) is 14.7. The van der Waals surface area contributed by atoms with Crippen LogP contribution in [0.15, 0.2) is 29.1 Å². The van der Waals surface area contributed by atoms with E-state index in [2.05, 4.69) is 10.2 Å². The van der Waals surface area contributed by atoms with E-state index >= 15 is 0 Å². The first kappa shape index (κ1) is 23.8. The highest BCUT2D eigenvalue weighted by Crippen LogP contribution is 2.47. The van der Waals surface area contributed by atoms with Gasteiger partial charge in [0.05, 0.1) is 23.2 Å². The van der Waals surface area contributed by atoms with E-state index in [0.717, 1.165) is 41.8 Å². The standard InChI is InChI=1S/C30H41N5O2/c1-30(2)29(37)33(18-31-30)27-28(36)35(26-12-4-3-11-25(26)32-27)24-16-21-9-6-10-22(17-24)34(21)23-14-19-7-5-8-20(13-19)15-23/h3-4,11-12,19-24,31H,5-10,13-18H2,1-2H3. The van der Waals surface area contributed by atoms with Crippen molar-refractivity contribution < 1.29 is 4.79 Å². The fourth-order valence-electron chi connectivity index (χ4n) is 8.75. The number of para-hydroxylation sites is 2. The summed E-state index contributed by atoms with van der Waals surface area (Å²) in [5.41, 5.74) is 0.891. The van der Waals surface area contributed by atoms with E-state index < -0.39 is 5.54 Å². The Labute approximate surface area is 219 Å². The van der Waals surface area contributed by atoms with Gasteiger partial charge in [0.25, 0.3) is 5.56 Å². The minimum atomic E-state index is -0.689. The van der Waals surface area contributed by atoms with Gasteiger partial charge in [-0.3, -0.25) is 24.7 Å². The third-order valence-corrected chi connectivity index (χ3v) is 10.4. The highest BCUT2D eigenvalue weighted by Gasteiger charge is 2.46. The van der Waals surface area contributed by atoms with E-state index in [0.29, 0.717) is 18.8 Å². The zero-order valence-electron chi connectivity index (χ0n) is 22.4. The largest absolute Gasteiger partial charge is 0.300 e. The summed E-state index contributed by atoms with van der Waals surface area (Å²) in [7, 11) is 0. The van der Waals surface area contributed by atoms with Crippen molar-refractivity contribution in [2.45, 2.75) is 114 Å². The summed E-state index contributed by atoms with van der Waals surface area (Å²) in [6.07, 6.45) is 14.4. The van der Waals surface area contributed by atoms with Crippen molar-refractivity contribution in [2.24, 2.45) is 11.8 Å². The van der Waals surface area contributed by atoms with Gasteiger partial charge in [-0.2, -0.15) is 0 Å². The van der Waals surface area contributed by atoms with Gasteiger partial charge >= 0.3 is 0 Å². The molecule has 4 unspecified atom stereocenters. The summed E-state index contributed by atoms with van der Waals surface area (Å²) in [5.74, 6) is 2.05. The van der Waals surface area contributed by atoms with Crippen LogP contribution in [-0.2, 0) is 4.79 Å². The van der Waals surface area contributed by atoms with Crippen molar-refractivity contribution in [1.29, 1.82) is 0 Å². The SMILES string of the molecule is CC1(C)NCN(c2nc3ccccc3n(C3CC4CCCC(C3)N4C3CC4CCCC(C4)C3)c2=O)C1=O. The van der Waals surface area contributed by atoms with Crippen LogP contribution >= 0.6 is 0 Å². The summed E-state index contributed by atoms with van der Waals surface area (Å²) in [6.45, 7) is 4.05. The van der Waals surface area contributed by atoms with E-state index in [4.69, 9.17) is 4.98 Å². The maximum atomic E-state index is 14.1. The van der Waals surface area contributed by atoms with Crippen LogP contribution in [0.1, 0.15) is 90.5 Å². The predicted molar refractivity (Wildman–Crippen MR) is 146 cm³/mol. The van der Waals surface area contributed by atoms with Crippen molar-refractivity contribution in [1.82, 2.24) is 19.8 Å². The number of anilines is 1. The molecule has 7 heteroatoms. The number of aromatic nitrogens is 2. The number of benzene rings is 1. The van der Waals surface area contributed by atoms with Crippen molar-refractivity contribution in [3.05, 3.63) is 34.6 Å². The minimum absolute atomic E-state index is 0.0894. The molecule has 0 spiro atoms. The first-order chi connectivity index (χ1) is 17.9. The average molecular weight is 504 g/mol. The zero-order chi connectivity index (χ0) is 25.3. The molecule has 7 rings (SSSR count). The third kappa shape index (κ3) is 3.95. The fourth-order valence-corrected chi connectivity index (χ4v) is 8.75. The summed E-state index contributed by atoms with van der Waals surface area (Å²) >= 11 is 0. The molecule has 4 heterocycles. The van der Waals surface area contributed by atoms with Gasteiger partial charge < -0.3 is 4.57 Å². The Hall–Kier alpha value is -2.25. The van der Waals surface area contributed by atoms with E-state index in [9.17, 15) is 9.59 Å². The topological polar surface area (TPSA) is 70.5 Å². The number of nitrogens with zero attached hydrogens (tertiary/aromatic N) is 4. The lowest BCUT2D eigenvalue weighted by atomic mass is 9.68. The molecule has 1 N–H and O–H groups in total. The lowest BCUT2D eigenvalue weighted by molar-refractivity contribution is -0.121. The van der Waals surface area contributed by atoms with Gasteiger partial charge in [-0.15, -0.1) is 0 Å². The smallest absolute Gasteiger partial charge is 0.294 e. The van der Waals surface area contributed by atoms with Gasteiger partial charge in [-0.05, 0) is 82.8 Å². The molecule has 2 saturated carbocycles. The molecule has 7 nitrogen and oxygen atoms in total. The number of carbonyl (C=O) groups excluding carboxylic acids is 1. The number of piperidine rings is 2. The molecule has 198 valence electrons. The monoisotopic (exact) mass is 503 g/mol. The molecule has 4 atom stereocenters. The molecule has 0 radical (unpaired) electrons. The second kappa shape index (κ2) is 8.91. The van der Waals surface area contributed by atoms with Crippen LogP contribution in [0.3, 0.4) is 0 Å². The molecule has 4 bridgehead atoms. The number of fused-ring (bicyclic) bond motifs is 5. The minimum Gasteiger partial charge on any atom is -0.300 e. The number of rotatable bonds is 3. The van der Waals surface area contributed by atoms with Crippen molar-refractivity contribution in [2.75, 3.05) is 11.6 Å². The van der Waals surface area contributed by atoms with Gasteiger partial charge in [0, 0.05) is 24.2 Å². The van der Waals surface area contributed by atoms with Crippen LogP contribution in [0.4, 0.5) is 5.82 Å². The fraction of sp³-hybridized carbons (Fsp3) is 0.700. The van der Waals surface area contributed by atoms with Crippen LogP contribution in [0.2, 0.25) is 0 Å². The lowest BCUT2D eigenvalue weighted by Gasteiger charge is -2.55. The molecule has 1 aromatic carbocycles. The highest BCUT2D eigenvalue weighted by atomic mass is 16.2. The Morgan fingerprint density at radius 1 is 0.838 bits per heavy atom. The number of carbonyl (C=O) groups is 1. The van der Waals surface area contributed by atoms with E-state index in [1.54, 1.807) is 4.90 Å². The second-order valence-electron chi connectivity index (χ2n) is 13.1. The Bertz CT molecular complexity index is 1240. The quantitative estimate of drug-likeness (QED) is 0.663. The van der Waals surface area contributed by atoms with Gasteiger partial charge in [-0.25, -0.2) is 4.98 Å². The van der Waals surface area contributed by atoms with Crippen LogP contribution < -0.4 is 15.8 Å². The van der Waals surface area contributed by atoms with Gasteiger partial charge in [0.2, 0.25) is 11.7 Å². The maximum Gasteiger partial charge on any atom is 0.294 e. The van der Waals surface area contributed by atoms with Gasteiger partial charge in [0.15, 0.2) is 0 Å². The molecule has 3 saturated heterocycles. The Kier molecular flexibility index (Phi) is 5.74.